The zero-order valence-corrected chi connectivity index (χ0v) is 66.9. The number of rotatable bonds is 77. The summed E-state index contributed by atoms with van der Waals surface area (Å²) in [5.41, 5.74) is 0. The van der Waals surface area contributed by atoms with Crippen LogP contribution in [0.25, 0.3) is 0 Å². The summed E-state index contributed by atoms with van der Waals surface area (Å²) >= 11 is 0. The van der Waals surface area contributed by atoms with Crippen LogP contribution < -0.4 is 0 Å². The van der Waals surface area contributed by atoms with Gasteiger partial charge in [0, 0.05) is 25.7 Å². The van der Waals surface area contributed by atoms with Crippen molar-refractivity contribution in [2.75, 3.05) is 39.6 Å². The lowest BCUT2D eigenvalue weighted by atomic mass is 9.99. The van der Waals surface area contributed by atoms with Crippen molar-refractivity contribution in [3.63, 3.8) is 0 Å². The molecule has 588 valence electrons. The Balaban J connectivity index is 5.21. The van der Waals surface area contributed by atoms with Gasteiger partial charge in [-0.3, -0.25) is 37.3 Å². The summed E-state index contributed by atoms with van der Waals surface area (Å²) in [4.78, 5) is 72.9. The standard InChI is InChI=1S/C80H156O17P2/c1-9-71(6)57-49-41-33-27-20-18-16-14-12-13-15-17-19-21-30-36-46-54-62-79(84)96-75(66-90-77(82)60-52-44-35-29-24-22-26-32-40-48-56-70(4)5)68-94-98(86,87)92-64-74(81)65-93-99(88,89)95-69-76(67-91-78(83)61-53-45-39-38-43-51-59-73(8)11-3)97-80(85)63-55-47-37-31-25-23-28-34-42-50-58-72(7)10-2/h70-76,81H,9-69H2,1-8H3,(H,86,87)(H,88,89)/t71?,72?,73?,74-,75-,76-/m1/s1. The van der Waals surface area contributed by atoms with E-state index in [4.69, 9.17) is 37.0 Å². The average Bonchev–Trinajstić information content (AvgIpc) is 3.80. The van der Waals surface area contributed by atoms with Crippen LogP contribution in [0.4, 0.5) is 0 Å². The number of carbonyl (C=O) groups excluding carboxylic acids is 4. The van der Waals surface area contributed by atoms with E-state index in [0.29, 0.717) is 25.7 Å². The Labute approximate surface area is 607 Å². The van der Waals surface area contributed by atoms with Crippen molar-refractivity contribution in [2.45, 2.75) is 427 Å². The van der Waals surface area contributed by atoms with E-state index in [9.17, 15) is 43.2 Å². The third-order valence-corrected chi connectivity index (χ3v) is 21.6. The van der Waals surface area contributed by atoms with Gasteiger partial charge >= 0.3 is 39.5 Å². The van der Waals surface area contributed by atoms with Crippen LogP contribution in [0.15, 0.2) is 0 Å². The molecule has 8 atom stereocenters. The second-order valence-electron chi connectivity index (χ2n) is 30.0. The molecule has 0 aliphatic rings. The van der Waals surface area contributed by atoms with Crippen LogP contribution in [0.3, 0.4) is 0 Å². The van der Waals surface area contributed by atoms with E-state index >= 15 is 0 Å². The van der Waals surface area contributed by atoms with Crippen LogP contribution in [-0.4, -0.2) is 96.7 Å². The van der Waals surface area contributed by atoms with Gasteiger partial charge in [0.05, 0.1) is 26.4 Å². The SMILES string of the molecule is CCC(C)CCCCCCCCCCCCCCCCCCCCC(=O)O[C@H](COC(=O)CCCCCCCCCCCCC(C)C)COP(=O)(O)OC[C@@H](O)COP(=O)(O)OC[C@@H](COC(=O)CCCCCCCCC(C)CC)OC(=O)CCCCCCCCCCCCC(C)CC. The molecule has 0 radical (unpaired) electrons. The van der Waals surface area contributed by atoms with Gasteiger partial charge in [0.25, 0.3) is 0 Å². The highest BCUT2D eigenvalue weighted by Crippen LogP contribution is 2.45. The van der Waals surface area contributed by atoms with Crippen molar-refractivity contribution in [3.8, 4) is 0 Å². The number of aliphatic hydroxyl groups is 1. The first-order valence-electron chi connectivity index (χ1n) is 41.3. The minimum Gasteiger partial charge on any atom is -0.462 e. The topological polar surface area (TPSA) is 237 Å². The summed E-state index contributed by atoms with van der Waals surface area (Å²) in [7, 11) is -9.92. The van der Waals surface area contributed by atoms with Crippen molar-refractivity contribution in [1.29, 1.82) is 0 Å². The Morgan fingerprint density at radius 2 is 0.485 bits per heavy atom. The number of esters is 4. The maximum atomic E-state index is 13.1. The predicted octanol–water partition coefficient (Wildman–Crippen LogP) is 23.6. The fraction of sp³-hybridized carbons (Fsp3) is 0.950. The van der Waals surface area contributed by atoms with Gasteiger partial charge in [-0.1, -0.05) is 357 Å². The third kappa shape index (κ3) is 70.2. The quantitative estimate of drug-likeness (QED) is 0.0222. The van der Waals surface area contributed by atoms with Gasteiger partial charge in [0.15, 0.2) is 12.2 Å². The van der Waals surface area contributed by atoms with E-state index in [0.717, 1.165) is 120 Å². The maximum Gasteiger partial charge on any atom is 0.472 e. The summed E-state index contributed by atoms with van der Waals surface area (Å²) < 4.78 is 68.6. The van der Waals surface area contributed by atoms with Gasteiger partial charge in [0.1, 0.15) is 19.3 Å². The van der Waals surface area contributed by atoms with Gasteiger partial charge in [-0.2, -0.15) is 0 Å². The number of hydrogen-bond donors (Lipinski definition) is 3. The largest absolute Gasteiger partial charge is 0.472 e. The molecule has 0 amide bonds. The normalized spacial score (nSPS) is 14.9. The lowest BCUT2D eigenvalue weighted by Gasteiger charge is -2.21. The summed E-state index contributed by atoms with van der Waals surface area (Å²) in [6, 6.07) is 0. The van der Waals surface area contributed by atoms with Crippen LogP contribution in [0, 0.1) is 23.7 Å². The smallest absolute Gasteiger partial charge is 0.462 e. The Morgan fingerprint density at radius 3 is 0.717 bits per heavy atom. The molecule has 0 rings (SSSR count). The molecule has 5 unspecified atom stereocenters. The zero-order chi connectivity index (χ0) is 73.1. The lowest BCUT2D eigenvalue weighted by Crippen LogP contribution is -2.30. The number of phosphoric ester groups is 2. The van der Waals surface area contributed by atoms with Gasteiger partial charge in [-0.25, -0.2) is 9.13 Å². The average molecular weight is 1450 g/mol. The number of hydrogen-bond acceptors (Lipinski definition) is 15. The fourth-order valence-electron chi connectivity index (χ4n) is 12.2. The van der Waals surface area contributed by atoms with Gasteiger partial charge in [-0.05, 0) is 49.4 Å². The number of phosphoric acid groups is 2. The van der Waals surface area contributed by atoms with E-state index in [1.165, 1.54) is 205 Å². The Morgan fingerprint density at radius 1 is 0.283 bits per heavy atom. The molecule has 0 aromatic heterocycles. The molecule has 3 N–H and O–H groups in total. The molecule has 99 heavy (non-hydrogen) atoms. The summed E-state index contributed by atoms with van der Waals surface area (Å²) in [6.07, 6.45) is 55.5. The molecule has 0 aromatic rings. The maximum absolute atomic E-state index is 13.1. The van der Waals surface area contributed by atoms with Crippen LogP contribution >= 0.6 is 15.6 Å². The highest BCUT2D eigenvalue weighted by atomic mass is 31.2. The minimum atomic E-state index is -4.96. The fourth-order valence-corrected chi connectivity index (χ4v) is 13.7. The van der Waals surface area contributed by atoms with Crippen molar-refractivity contribution in [3.05, 3.63) is 0 Å². The number of aliphatic hydroxyl groups excluding tert-OH is 1. The van der Waals surface area contributed by atoms with Gasteiger partial charge in [-0.15, -0.1) is 0 Å². The van der Waals surface area contributed by atoms with Crippen molar-refractivity contribution in [1.82, 2.24) is 0 Å². The number of carbonyl (C=O) groups is 4. The van der Waals surface area contributed by atoms with Crippen molar-refractivity contribution >= 4 is 39.5 Å². The van der Waals surface area contributed by atoms with E-state index in [1.54, 1.807) is 0 Å². The van der Waals surface area contributed by atoms with Crippen LogP contribution in [0.1, 0.15) is 409 Å². The first-order valence-corrected chi connectivity index (χ1v) is 44.3. The molecule has 0 aromatic carbocycles. The van der Waals surface area contributed by atoms with Crippen molar-refractivity contribution < 1.29 is 80.2 Å². The predicted molar refractivity (Wildman–Crippen MR) is 404 cm³/mol. The zero-order valence-electron chi connectivity index (χ0n) is 65.1. The molecule has 19 heteroatoms. The Kier molecular flexibility index (Phi) is 67.8. The second-order valence-corrected chi connectivity index (χ2v) is 32.9. The molecule has 0 bridgehead atoms. The number of ether oxygens (including phenoxy) is 4. The summed E-state index contributed by atoms with van der Waals surface area (Å²) in [5.74, 6) is 1.05. The van der Waals surface area contributed by atoms with Gasteiger partial charge in [0.2, 0.25) is 0 Å². The molecule has 0 heterocycles. The molecule has 0 saturated heterocycles. The van der Waals surface area contributed by atoms with Crippen LogP contribution in [0.5, 0.6) is 0 Å². The Bertz CT molecular complexity index is 1940. The molecular formula is C80H156O17P2. The molecular weight excluding hydrogens is 1290 g/mol. The molecule has 0 fully saturated rings. The first kappa shape index (κ1) is 97.1. The van der Waals surface area contributed by atoms with Crippen molar-refractivity contribution in [2.24, 2.45) is 23.7 Å². The van der Waals surface area contributed by atoms with E-state index in [1.807, 2.05) is 0 Å². The molecule has 0 aliphatic carbocycles. The lowest BCUT2D eigenvalue weighted by molar-refractivity contribution is -0.161. The molecule has 17 nitrogen and oxygen atoms in total. The van der Waals surface area contributed by atoms with Crippen LogP contribution in [-0.2, 0) is 65.4 Å². The first-order chi connectivity index (χ1) is 47.7. The summed E-state index contributed by atoms with van der Waals surface area (Å²) in [6.45, 7) is 14.3. The molecule has 0 aliphatic heterocycles. The molecule has 0 saturated carbocycles. The molecule has 0 spiro atoms. The monoisotopic (exact) mass is 1450 g/mol. The summed E-state index contributed by atoms with van der Waals surface area (Å²) in [5, 5.41) is 10.6. The van der Waals surface area contributed by atoms with E-state index < -0.39 is 97.5 Å². The van der Waals surface area contributed by atoms with Gasteiger partial charge < -0.3 is 33.8 Å². The minimum absolute atomic E-state index is 0.105. The van der Waals surface area contributed by atoms with E-state index in [2.05, 4.69) is 55.4 Å². The van der Waals surface area contributed by atoms with Crippen LogP contribution in [0.2, 0.25) is 0 Å². The number of unbranched alkanes of at least 4 members (excludes halogenated alkanes) is 40. The highest BCUT2D eigenvalue weighted by Gasteiger charge is 2.30. The van der Waals surface area contributed by atoms with E-state index in [-0.39, 0.29) is 25.7 Å². The highest BCUT2D eigenvalue weighted by molar-refractivity contribution is 7.47. The Hall–Kier alpha value is -1.94. The second kappa shape index (κ2) is 69.1. The third-order valence-electron chi connectivity index (χ3n) is 19.7.